The molecule has 0 atom stereocenters. The highest BCUT2D eigenvalue weighted by atomic mass is 16.5. The Morgan fingerprint density at radius 3 is 2.80 bits per heavy atom. The molecule has 2 aromatic carbocycles. The fourth-order valence-electron chi connectivity index (χ4n) is 1.90. The number of phenols is 1. The van der Waals surface area contributed by atoms with E-state index in [0.717, 1.165) is 0 Å². The maximum atomic E-state index is 11.3. The lowest BCUT2D eigenvalue weighted by Gasteiger charge is -1.96. The zero-order valence-corrected chi connectivity index (χ0v) is 10.2. The first-order valence-corrected chi connectivity index (χ1v) is 5.82. The Morgan fingerprint density at radius 1 is 1.20 bits per heavy atom. The standard InChI is InChI=1S/C14H10N2O4/c17-10-3-1-2-9(6-10)14-15-11-7-8(13(18)16-19)4-5-12(11)20-14/h1-7,17,19H,(H,16,18). The van der Waals surface area contributed by atoms with Gasteiger partial charge in [0.1, 0.15) is 11.3 Å². The second-order valence-corrected chi connectivity index (χ2v) is 4.19. The Bertz CT molecular complexity index is 795. The van der Waals surface area contributed by atoms with E-state index in [9.17, 15) is 9.90 Å². The molecular formula is C14H10N2O4. The molecule has 0 aliphatic heterocycles. The Morgan fingerprint density at radius 2 is 2.05 bits per heavy atom. The SMILES string of the molecule is O=C(NO)c1ccc2oc(-c3cccc(O)c3)nc2c1. The molecule has 3 N–H and O–H groups in total. The van der Waals surface area contributed by atoms with E-state index in [1.165, 1.54) is 18.2 Å². The van der Waals surface area contributed by atoms with E-state index < -0.39 is 5.91 Å². The van der Waals surface area contributed by atoms with Gasteiger partial charge in [-0.3, -0.25) is 10.0 Å². The topological polar surface area (TPSA) is 95.6 Å². The lowest BCUT2D eigenvalue weighted by atomic mass is 10.2. The van der Waals surface area contributed by atoms with Gasteiger partial charge in [0.15, 0.2) is 5.58 Å². The second-order valence-electron chi connectivity index (χ2n) is 4.19. The van der Waals surface area contributed by atoms with Crippen LogP contribution in [0.5, 0.6) is 5.75 Å². The average molecular weight is 270 g/mol. The Kier molecular flexibility index (Phi) is 2.85. The summed E-state index contributed by atoms with van der Waals surface area (Å²) in [5.74, 6) is -0.156. The first kappa shape index (κ1) is 12.2. The van der Waals surface area contributed by atoms with Crippen molar-refractivity contribution in [2.45, 2.75) is 0 Å². The van der Waals surface area contributed by atoms with E-state index >= 15 is 0 Å². The van der Waals surface area contributed by atoms with Gasteiger partial charge in [-0.25, -0.2) is 10.5 Å². The highest BCUT2D eigenvalue weighted by Crippen LogP contribution is 2.26. The number of carbonyl (C=O) groups excluding carboxylic acids is 1. The van der Waals surface area contributed by atoms with Gasteiger partial charge in [0.05, 0.1) is 0 Å². The molecule has 1 heterocycles. The van der Waals surface area contributed by atoms with Gasteiger partial charge < -0.3 is 9.52 Å². The number of hydroxylamine groups is 1. The Balaban J connectivity index is 2.09. The molecule has 0 aliphatic carbocycles. The van der Waals surface area contributed by atoms with Gasteiger partial charge in [0.2, 0.25) is 5.89 Å². The molecule has 3 aromatic rings. The average Bonchev–Trinajstić information content (AvgIpc) is 2.89. The van der Waals surface area contributed by atoms with Crippen LogP contribution in [0.1, 0.15) is 10.4 Å². The van der Waals surface area contributed by atoms with Crippen LogP contribution >= 0.6 is 0 Å². The number of hydrogen-bond donors (Lipinski definition) is 3. The number of carbonyl (C=O) groups is 1. The van der Waals surface area contributed by atoms with E-state index in [-0.39, 0.29) is 11.3 Å². The van der Waals surface area contributed by atoms with Gasteiger partial charge in [0.25, 0.3) is 5.91 Å². The summed E-state index contributed by atoms with van der Waals surface area (Å²) in [4.78, 5) is 15.6. The van der Waals surface area contributed by atoms with E-state index in [1.54, 1.807) is 29.7 Å². The molecule has 0 spiro atoms. The minimum absolute atomic E-state index is 0.116. The number of nitrogens with one attached hydrogen (secondary N) is 1. The van der Waals surface area contributed by atoms with Crippen LogP contribution < -0.4 is 5.48 Å². The number of hydrogen-bond acceptors (Lipinski definition) is 5. The number of nitrogens with zero attached hydrogens (tertiary/aromatic N) is 1. The number of phenolic OH excluding ortho intramolecular Hbond substituents is 1. The fraction of sp³-hybridized carbons (Fsp3) is 0. The quantitative estimate of drug-likeness (QED) is 0.490. The summed E-state index contributed by atoms with van der Waals surface area (Å²) in [5, 5.41) is 18.1. The molecule has 0 saturated heterocycles. The molecule has 100 valence electrons. The van der Waals surface area contributed by atoms with Gasteiger partial charge >= 0.3 is 0 Å². The van der Waals surface area contributed by atoms with Crippen molar-refractivity contribution in [3.63, 3.8) is 0 Å². The smallest absolute Gasteiger partial charge is 0.274 e. The summed E-state index contributed by atoms with van der Waals surface area (Å²) in [6.07, 6.45) is 0. The van der Waals surface area contributed by atoms with Gasteiger partial charge in [0, 0.05) is 11.1 Å². The second kappa shape index (κ2) is 4.67. The maximum absolute atomic E-state index is 11.3. The molecule has 0 saturated carbocycles. The lowest BCUT2D eigenvalue weighted by Crippen LogP contribution is -2.18. The number of aromatic nitrogens is 1. The van der Waals surface area contributed by atoms with Crippen molar-refractivity contribution in [3.05, 3.63) is 48.0 Å². The molecule has 0 unspecified atom stereocenters. The summed E-state index contributed by atoms with van der Waals surface area (Å²) < 4.78 is 5.56. The lowest BCUT2D eigenvalue weighted by molar-refractivity contribution is 0.0706. The molecule has 0 aliphatic rings. The van der Waals surface area contributed by atoms with Crippen molar-refractivity contribution < 1.29 is 19.5 Å². The number of benzene rings is 2. The minimum atomic E-state index is -0.617. The van der Waals surface area contributed by atoms with Crippen LogP contribution in [0.25, 0.3) is 22.6 Å². The van der Waals surface area contributed by atoms with Crippen molar-refractivity contribution in [2.75, 3.05) is 0 Å². The van der Waals surface area contributed by atoms with Crippen molar-refractivity contribution >= 4 is 17.0 Å². The molecule has 0 radical (unpaired) electrons. The van der Waals surface area contributed by atoms with E-state index in [4.69, 9.17) is 9.62 Å². The summed E-state index contributed by atoms with van der Waals surface area (Å²) in [6, 6.07) is 11.2. The predicted molar refractivity (Wildman–Crippen MR) is 70.4 cm³/mol. The largest absolute Gasteiger partial charge is 0.508 e. The molecule has 6 nitrogen and oxygen atoms in total. The van der Waals surface area contributed by atoms with E-state index in [0.29, 0.717) is 22.6 Å². The van der Waals surface area contributed by atoms with Crippen LogP contribution in [0.3, 0.4) is 0 Å². The summed E-state index contributed by atoms with van der Waals surface area (Å²) in [6.45, 7) is 0. The third-order valence-electron chi connectivity index (χ3n) is 2.84. The number of rotatable bonds is 2. The van der Waals surface area contributed by atoms with Crippen molar-refractivity contribution in [1.29, 1.82) is 0 Å². The predicted octanol–water partition coefficient (Wildman–Crippen LogP) is 2.32. The highest BCUT2D eigenvalue weighted by molar-refractivity contribution is 5.96. The monoisotopic (exact) mass is 270 g/mol. The summed E-state index contributed by atoms with van der Waals surface area (Å²) in [5.41, 5.74) is 3.47. The van der Waals surface area contributed by atoms with Crippen LogP contribution in [-0.2, 0) is 0 Å². The third-order valence-corrected chi connectivity index (χ3v) is 2.84. The molecule has 20 heavy (non-hydrogen) atoms. The van der Waals surface area contributed by atoms with Gasteiger partial charge in [-0.2, -0.15) is 0 Å². The third kappa shape index (κ3) is 2.08. The molecule has 6 heteroatoms. The van der Waals surface area contributed by atoms with Crippen molar-refractivity contribution in [1.82, 2.24) is 10.5 Å². The van der Waals surface area contributed by atoms with Crippen LogP contribution in [0.15, 0.2) is 46.9 Å². The van der Waals surface area contributed by atoms with Crippen LogP contribution in [0.4, 0.5) is 0 Å². The highest BCUT2D eigenvalue weighted by Gasteiger charge is 2.11. The van der Waals surface area contributed by atoms with Crippen LogP contribution in [-0.4, -0.2) is 21.2 Å². The minimum Gasteiger partial charge on any atom is -0.508 e. The number of fused-ring (bicyclic) bond motifs is 1. The maximum Gasteiger partial charge on any atom is 0.274 e. The van der Waals surface area contributed by atoms with Crippen LogP contribution in [0.2, 0.25) is 0 Å². The molecule has 3 rings (SSSR count). The molecule has 0 bridgehead atoms. The van der Waals surface area contributed by atoms with E-state index in [2.05, 4.69) is 4.98 Å². The van der Waals surface area contributed by atoms with Crippen molar-refractivity contribution in [2.24, 2.45) is 0 Å². The number of amides is 1. The number of aromatic hydroxyl groups is 1. The van der Waals surface area contributed by atoms with Crippen LogP contribution in [0, 0.1) is 0 Å². The Hall–Kier alpha value is -2.86. The first-order valence-electron chi connectivity index (χ1n) is 5.82. The summed E-state index contributed by atoms with van der Waals surface area (Å²) in [7, 11) is 0. The first-order chi connectivity index (χ1) is 9.67. The molecular weight excluding hydrogens is 260 g/mol. The molecule has 0 fully saturated rings. The zero-order valence-electron chi connectivity index (χ0n) is 10.2. The zero-order chi connectivity index (χ0) is 14.1. The Labute approximate surface area is 113 Å². The van der Waals surface area contributed by atoms with Gasteiger partial charge in [-0.1, -0.05) is 6.07 Å². The number of oxazole rings is 1. The van der Waals surface area contributed by atoms with Crippen molar-refractivity contribution in [3.8, 4) is 17.2 Å². The molecule has 1 aromatic heterocycles. The van der Waals surface area contributed by atoms with Gasteiger partial charge in [-0.15, -0.1) is 0 Å². The van der Waals surface area contributed by atoms with E-state index in [1.807, 2.05) is 0 Å². The van der Waals surface area contributed by atoms with Gasteiger partial charge in [-0.05, 0) is 36.4 Å². The normalized spacial score (nSPS) is 10.7. The molecule has 1 amide bonds. The summed E-state index contributed by atoms with van der Waals surface area (Å²) >= 11 is 0. The fourth-order valence-corrected chi connectivity index (χ4v) is 1.90.